The zero-order chi connectivity index (χ0) is 13.7. The monoisotopic (exact) mass is 260 g/mol. The summed E-state index contributed by atoms with van der Waals surface area (Å²) in [5, 5.41) is 10.6. The van der Waals surface area contributed by atoms with Crippen molar-refractivity contribution in [1.82, 2.24) is 0 Å². The molecule has 0 radical (unpaired) electrons. The van der Waals surface area contributed by atoms with E-state index in [1.807, 2.05) is 13.0 Å². The maximum Gasteiger partial charge on any atom is 0.195 e. The number of aliphatic hydroxyl groups is 1. The molecule has 0 bridgehead atoms. The van der Waals surface area contributed by atoms with Crippen LogP contribution in [0.5, 0.6) is 0 Å². The van der Waals surface area contributed by atoms with Crippen LogP contribution in [0.25, 0.3) is 11.0 Å². The first-order chi connectivity index (χ1) is 8.99. The number of hydrogen-bond acceptors (Lipinski definition) is 4. The molecule has 0 amide bonds. The van der Waals surface area contributed by atoms with Gasteiger partial charge in [0.2, 0.25) is 0 Å². The van der Waals surface area contributed by atoms with Crippen molar-refractivity contribution >= 4 is 11.0 Å². The van der Waals surface area contributed by atoms with Crippen molar-refractivity contribution in [1.29, 1.82) is 0 Å². The highest BCUT2D eigenvalue weighted by molar-refractivity contribution is 5.82. The van der Waals surface area contributed by atoms with Gasteiger partial charge in [-0.2, -0.15) is 0 Å². The molecule has 2 atom stereocenters. The van der Waals surface area contributed by atoms with Crippen LogP contribution in [0.2, 0.25) is 0 Å². The van der Waals surface area contributed by atoms with Crippen LogP contribution in [-0.2, 0) is 11.2 Å². The number of ether oxygens (including phenoxy) is 1. The third-order valence-electron chi connectivity index (χ3n) is 3.77. The van der Waals surface area contributed by atoms with Crippen LogP contribution in [0, 0.1) is 13.8 Å². The van der Waals surface area contributed by atoms with Crippen LogP contribution < -0.4 is 5.43 Å². The van der Waals surface area contributed by atoms with Gasteiger partial charge in [-0.3, -0.25) is 4.79 Å². The second-order valence-electron chi connectivity index (χ2n) is 5.13. The molecule has 0 saturated heterocycles. The van der Waals surface area contributed by atoms with Crippen molar-refractivity contribution in [2.45, 2.75) is 39.6 Å². The Hall–Kier alpha value is -1.65. The molecule has 3 rings (SSSR count). The fraction of sp³-hybridized carbons (Fsp3) is 0.400. The summed E-state index contributed by atoms with van der Waals surface area (Å²) < 4.78 is 11.2. The molecule has 1 aliphatic heterocycles. The lowest BCUT2D eigenvalue weighted by Gasteiger charge is -2.27. The van der Waals surface area contributed by atoms with E-state index < -0.39 is 6.29 Å². The standard InChI is InChI=1S/C15H16O4/c1-7-6-10-4-5-11-13(16)8(2)9(3)19-14(11)12(10)15(17)18-7/h4-5,7,15,17H,6H2,1-3H3. The van der Waals surface area contributed by atoms with E-state index in [2.05, 4.69) is 0 Å². The Bertz CT molecular complexity index is 714. The summed E-state index contributed by atoms with van der Waals surface area (Å²) in [6, 6.07) is 3.66. The smallest absolute Gasteiger partial charge is 0.195 e. The van der Waals surface area contributed by atoms with Gasteiger partial charge in [0.1, 0.15) is 11.3 Å². The maximum absolute atomic E-state index is 12.2. The summed E-state index contributed by atoms with van der Waals surface area (Å²) in [6.45, 7) is 5.41. The Morgan fingerprint density at radius 2 is 2.05 bits per heavy atom. The minimum Gasteiger partial charge on any atom is -0.460 e. The van der Waals surface area contributed by atoms with Gasteiger partial charge in [-0.1, -0.05) is 6.07 Å². The Morgan fingerprint density at radius 3 is 2.79 bits per heavy atom. The van der Waals surface area contributed by atoms with E-state index in [9.17, 15) is 9.90 Å². The van der Waals surface area contributed by atoms with Gasteiger partial charge in [0.05, 0.1) is 17.1 Å². The Labute approximate surface area is 110 Å². The molecular weight excluding hydrogens is 244 g/mol. The van der Waals surface area contributed by atoms with Crippen molar-refractivity contribution < 1.29 is 14.3 Å². The van der Waals surface area contributed by atoms with E-state index in [1.165, 1.54) is 0 Å². The van der Waals surface area contributed by atoms with Gasteiger partial charge in [-0.05, 0) is 38.8 Å². The van der Waals surface area contributed by atoms with Crippen LogP contribution in [-0.4, -0.2) is 11.2 Å². The first kappa shape index (κ1) is 12.4. The molecule has 1 aromatic carbocycles. The Balaban J connectivity index is 2.40. The van der Waals surface area contributed by atoms with Crippen LogP contribution in [0.4, 0.5) is 0 Å². The van der Waals surface area contributed by atoms with Crippen LogP contribution in [0.3, 0.4) is 0 Å². The minimum absolute atomic E-state index is 0.0433. The number of aryl methyl sites for hydroxylation is 1. The summed E-state index contributed by atoms with van der Waals surface area (Å²) in [4.78, 5) is 12.2. The zero-order valence-corrected chi connectivity index (χ0v) is 11.2. The summed E-state index contributed by atoms with van der Waals surface area (Å²) in [5.41, 5.74) is 2.57. The second-order valence-corrected chi connectivity index (χ2v) is 5.13. The summed E-state index contributed by atoms with van der Waals surface area (Å²) in [7, 11) is 0. The van der Waals surface area contributed by atoms with Gasteiger partial charge in [-0.15, -0.1) is 0 Å². The topological polar surface area (TPSA) is 59.7 Å². The highest BCUT2D eigenvalue weighted by atomic mass is 16.6. The Kier molecular flexibility index (Phi) is 2.73. The fourth-order valence-electron chi connectivity index (χ4n) is 2.62. The quantitative estimate of drug-likeness (QED) is 0.790. The molecule has 1 aliphatic rings. The number of hydrogen-bond donors (Lipinski definition) is 1. The van der Waals surface area contributed by atoms with Crippen molar-refractivity contribution in [2.24, 2.45) is 0 Å². The third-order valence-corrected chi connectivity index (χ3v) is 3.77. The van der Waals surface area contributed by atoms with Gasteiger partial charge in [0, 0.05) is 5.56 Å². The molecule has 0 aliphatic carbocycles. The number of benzene rings is 1. The lowest BCUT2D eigenvalue weighted by atomic mass is 9.95. The average Bonchev–Trinajstić information content (AvgIpc) is 2.35. The van der Waals surface area contributed by atoms with Crippen LogP contribution in [0.1, 0.15) is 35.7 Å². The van der Waals surface area contributed by atoms with Crippen LogP contribution >= 0.6 is 0 Å². The molecule has 4 nitrogen and oxygen atoms in total. The van der Waals surface area contributed by atoms with Crippen molar-refractivity contribution in [3.63, 3.8) is 0 Å². The molecule has 0 saturated carbocycles. The SMILES string of the molecule is Cc1oc2c3c(ccc2c(=O)c1C)CC(C)OC3O. The van der Waals surface area contributed by atoms with Crippen molar-refractivity contribution in [2.75, 3.05) is 0 Å². The number of aliphatic hydroxyl groups excluding tert-OH is 1. The summed E-state index contributed by atoms with van der Waals surface area (Å²) in [6.07, 6.45) is -0.371. The largest absolute Gasteiger partial charge is 0.460 e. The van der Waals surface area contributed by atoms with Gasteiger partial charge < -0.3 is 14.3 Å². The molecule has 2 unspecified atom stereocenters. The average molecular weight is 260 g/mol. The van der Waals surface area contributed by atoms with E-state index in [0.717, 1.165) is 5.56 Å². The highest BCUT2D eigenvalue weighted by Crippen LogP contribution is 2.34. The predicted molar refractivity (Wildman–Crippen MR) is 71.2 cm³/mol. The van der Waals surface area contributed by atoms with Crippen molar-refractivity contribution in [3.05, 3.63) is 44.8 Å². The summed E-state index contributed by atoms with van der Waals surface area (Å²) >= 11 is 0. The normalized spacial score (nSPS) is 22.5. The molecule has 1 N–H and O–H groups in total. The first-order valence-corrected chi connectivity index (χ1v) is 6.38. The molecule has 19 heavy (non-hydrogen) atoms. The van der Waals surface area contributed by atoms with Crippen LogP contribution in [0.15, 0.2) is 21.3 Å². The van der Waals surface area contributed by atoms with Gasteiger partial charge in [-0.25, -0.2) is 0 Å². The van der Waals surface area contributed by atoms with E-state index in [-0.39, 0.29) is 11.5 Å². The lowest BCUT2D eigenvalue weighted by molar-refractivity contribution is -0.142. The van der Waals surface area contributed by atoms with E-state index in [0.29, 0.717) is 34.3 Å². The van der Waals surface area contributed by atoms with E-state index in [1.54, 1.807) is 19.9 Å². The highest BCUT2D eigenvalue weighted by Gasteiger charge is 2.27. The molecule has 100 valence electrons. The van der Waals surface area contributed by atoms with Gasteiger partial charge in [0.15, 0.2) is 11.7 Å². The third kappa shape index (κ3) is 1.79. The van der Waals surface area contributed by atoms with Gasteiger partial charge >= 0.3 is 0 Å². The molecule has 0 fully saturated rings. The lowest BCUT2D eigenvalue weighted by Crippen LogP contribution is -2.24. The Morgan fingerprint density at radius 1 is 1.32 bits per heavy atom. The number of fused-ring (bicyclic) bond motifs is 3. The maximum atomic E-state index is 12.2. The van der Waals surface area contributed by atoms with E-state index in [4.69, 9.17) is 9.15 Å². The van der Waals surface area contributed by atoms with Gasteiger partial charge in [0.25, 0.3) is 0 Å². The molecule has 1 aromatic heterocycles. The van der Waals surface area contributed by atoms with E-state index >= 15 is 0 Å². The molecule has 4 heteroatoms. The zero-order valence-electron chi connectivity index (χ0n) is 11.2. The fourth-order valence-corrected chi connectivity index (χ4v) is 2.62. The predicted octanol–water partition coefficient (Wildman–Crippen LogP) is 2.36. The second kappa shape index (κ2) is 4.18. The molecular formula is C15H16O4. The first-order valence-electron chi connectivity index (χ1n) is 6.38. The molecule has 2 aromatic rings. The molecule has 2 heterocycles. The minimum atomic E-state index is -1.03. The molecule has 0 spiro atoms. The summed E-state index contributed by atoms with van der Waals surface area (Å²) in [5.74, 6) is 0.580. The van der Waals surface area contributed by atoms with Crippen molar-refractivity contribution in [3.8, 4) is 0 Å². The number of rotatable bonds is 0.